The molecule has 0 aliphatic heterocycles. The Bertz CT molecular complexity index is 124. The minimum absolute atomic E-state index is 0. The van der Waals surface area contributed by atoms with E-state index in [-0.39, 0.29) is 12.4 Å². The minimum Gasteiger partial charge on any atom is -1.00 e. The van der Waals surface area contributed by atoms with Gasteiger partial charge < -0.3 is 16.9 Å². The second-order valence-corrected chi connectivity index (χ2v) is 4.78. The molecule has 1 nitrogen and oxygen atoms in total. The summed E-state index contributed by atoms with van der Waals surface area (Å²) in [6.45, 7) is 14.6. The summed E-state index contributed by atoms with van der Waals surface area (Å²) in [5.41, 5.74) is 0. The Hall–Kier alpha value is 0.250. The standard InChI is InChI=1S/C14H32N.ClH/c1-5-9-10-11-12-13-14-15(6-2,7-3)8-4;/h5-14H2,1-4H3;1H/q+1;/p-1. The lowest BCUT2D eigenvalue weighted by molar-refractivity contribution is -0.923. The van der Waals surface area contributed by atoms with Crippen molar-refractivity contribution in [2.45, 2.75) is 66.2 Å². The molecule has 0 bridgehead atoms. The van der Waals surface area contributed by atoms with Crippen molar-refractivity contribution in [3.8, 4) is 0 Å². The summed E-state index contributed by atoms with van der Waals surface area (Å²) >= 11 is 0. The van der Waals surface area contributed by atoms with Gasteiger partial charge in [0.15, 0.2) is 0 Å². The van der Waals surface area contributed by atoms with Gasteiger partial charge in [-0.1, -0.05) is 32.6 Å². The number of hydrogen-bond donors (Lipinski definition) is 0. The van der Waals surface area contributed by atoms with Crippen molar-refractivity contribution in [3.63, 3.8) is 0 Å². The molecule has 0 saturated heterocycles. The zero-order valence-corrected chi connectivity index (χ0v) is 12.7. The highest BCUT2D eigenvalue weighted by molar-refractivity contribution is 4.45. The maximum atomic E-state index is 2.34. The van der Waals surface area contributed by atoms with Crippen molar-refractivity contribution in [3.05, 3.63) is 0 Å². The maximum absolute atomic E-state index is 2.34. The average Bonchev–Trinajstić information content (AvgIpc) is 2.29. The Morgan fingerprint density at radius 3 is 1.50 bits per heavy atom. The topological polar surface area (TPSA) is 0 Å². The molecule has 0 aromatic carbocycles. The molecule has 0 rings (SSSR count). The molecule has 2 heteroatoms. The number of halogens is 1. The van der Waals surface area contributed by atoms with Crippen molar-refractivity contribution in [1.82, 2.24) is 0 Å². The van der Waals surface area contributed by atoms with Crippen molar-refractivity contribution in [2.24, 2.45) is 0 Å². The predicted molar refractivity (Wildman–Crippen MR) is 70.1 cm³/mol. The highest BCUT2D eigenvalue weighted by atomic mass is 35.5. The van der Waals surface area contributed by atoms with Crippen LogP contribution < -0.4 is 12.4 Å². The maximum Gasteiger partial charge on any atom is 0.0786 e. The molecule has 0 aromatic rings. The quantitative estimate of drug-likeness (QED) is 0.404. The molecule has 0 atom stereocenters. The summed E-state index contributed by atoms with van der Waals surface area (Å²) < 4.78 is 1.33. The predicted octanol–water partition coefficient (Wildman–Crippen LogP) is 1.23. The Labute approximate surface area is 110 Å². The first-order valence-electron chi connectivity index (χ1n) is 7.09. The third-order valence-electron chi connectivity index (χ3n) is 4.00. The van der Waals surface area contributed by atoms with Crippen LogP contribution in [0.4, 0.5) is 0 Å². The van der Waals surface area contributed by atoms with E-state index in [9.17, 15) is 0 Å². The zero-order chi connectivity index (χ0) is 11.6. The lowest BCUT2D eigenvalue weighted by atomic mass is 10.1. The van der Waals surface area contributed by atoms with E-state index >= 15 is 0 Å². The van der Waals surface area contributed by atoms with Gasteiger partial charge >= 0.3 is 0 Å². The molecule has 0 amide bonds. The summed E-state index contributed by atoms with van der Waals surface area (Å²) in [5, 5.41) is 0. The van der Waals surface area contributed by atoms with E-state index < -0.39 is 0 Å². The fourth-order valence-corrected chi connectivity index (χ4v) is 2.37. The van der Waals surface area contributed by atoms with Crippen LogP contribution in [-0.2, 0) is 0 Å². The molecule has 0 heterocycles. The average molecular weight is 250 g/mol. The number of rotatable bonds is 10. The molecule has 0 aromatic heterocycles. The van der Waals surface area contributed by atoms with Gasteiger partial charge in [0.2, 0.25) is 0 Å². The molecule has 0 spiro atoms. The van der Waals surface area contributed by atoms with Crippen LogP contribution in [0.25, 0.3) is 0 Å². The number of hydrogen-bond acceptors (Lipinski definition) is 0. The third kappa shape index (κ3) is 7.51. The van der Waals surface area contributed by atoms with Crippen LogP contribution >= 0.6 is 0 Å². The molecule has 0 saturated carbocycles. The molecule has 0 fully saturated rings. The smallest absolute Gasteiger partial charge is 0.0786 e. The first kappa shape index (κ1) is 18.6. The van der Waals surface area contributed by atoms with Crippen LogP contribution in [0.1, 0.15) is 66.2 Å². The highest BCUT2D eigenvalue weighted by Gasteiger charge is 2.19. The summed E-state index contributed by atoms with van der Waals surface area (Å²) in [6.07, 6.45) is 8.55. The minimum atomic E-state index is 0. The molecular weight excluding hydrogens is 218 g/mol. The van der Waals surface area contributed by atoms with Gasteiger partial charge in [-0.3, -0.25) is 0 Å². The fraction of sp³-hybridized carbons (Fsp3) is 1.00. The van der Waals surface area contributed by atoms with Gasteiger partial charge in [0.05, 0.1) is 26.2 Å². The zero-order valence-electron chi connectivity index (χ0n) is 11.9. The number of unbranched alkanes of at least 4 members (excludes halogenated alkanes) is 5. The summed E-state index contributed by atoms with van der Waals surface area (Å²) in [6, 6.07) is 0. The normalized spacial score (nSPS) is 11.2. The monoisotopic (exact) mass is 249 g/mol. The number of nitrogens with zero attached hydrogens (tertiary/aromatic N) is 1. The van der Waals surface area contributed by atoms with E-state index in [0.717, 1.165) is 0 Å². The molecular formula is C14H32ClN. The second-order valence-electron chi connectivity index (χ2n) is 4.78. The van der Waals surface area contributed by atoms with Crippen molar-refractivity contribution in [1.29, 1.82) is 0 Å². The third-order valence-corrected chi connectivity index (χ3v) is 4.00. The lowest BCUT2D eigenvalue weighted by Crippen LogP contribution is -3.00. The van der Waals surface area contributed by atoms with Crippen LogP contribution in [-0.4, -0.2) is 30.7 Å². The van der Waals surface area contributed by atoms with Gasteiger partial charge in [-0.25, -0.2) is 0 Å². The molecule has 0 aliphatic carbocycles. The summed E-state index contributed by atoms with van der Waals surface area (Å²) in [4.78, 5) is 0. The van der Waals surface area contributed by atoms with E-state index in [1.165, 1.54) is 69.2 Å². The van der Waals surface area contributed by atoms with Crippen LogP contribution in [0.15, 0.2) is 0 Å². The van der Waals surface area contributed by atoms with Crippen LogP contribution in [0.2, 0.25) is 0 Å². The van der Waals surface area contributed by atoms with E-state index in [1.54, 1.807) is 0 Å². The fourth-order valence-electron chi connectivity index (χ4n) is 2.37. The van der Waals surface area contributed by atoms with Crippen molar-refractivity contribution >= 4 is 0 Å². The van der Waals surface area contributed by atoms with Gasteiger partial charge in [-0.2, -0.15) is 0 Å². The van der Waals surface area contributed by atoms with Crippen molar-refractivity contribution in [2.75, 3.05) is 26.2 Å². The van der Waals surface area contributed by atoms with Gasteiger partial charge in [-0.05, 0) is 33.6 Å². The summed E-state index contributed by atoms with van der Waals surface area (Å²) in [5.74, 6) is 0. The van der Waals surface area contributed by atoms with Crippen LogP contribution in [0, 0.1) is 0 Å². The van der Waals surface area contributed by atoms with Crippen molar-refractivity contribution < 1.29 is 16.9 Å². The molecule has 0 N–H and O–H groups in total. The van der Waals surface area contributed by atoms with Gasteiger partial charge in [0.1, 0.15) is 0 Å². The van der Waals surface area contributed by atoms with Gasteiger partial charge in [-0.15, -0.1) is 0 Å². The van der Waals surface area contributed by atoms with Crippen LogP contribution in [0.3, 0.4) is 0 Å². The SMILES string of the molecule is CCCCCCCC[N+](CC)(CC)CC.[Cl-]. The number of quaternary nitrogens is 1. The van der Waals surface area contributed by atoms with E-state index in [1.807, 2.05) is 0 Å². The Kier molecular flexibility index (Phi) is 13.6. The van der Waals surface area contributed by atoms with E-state index in [4.69, 9.17) is 0 Å². The largest absolute Gasteiger partial charge is 1.00 e. The lowest BCUT2D eigenvalue weighted by Gasteiger charge is -2.35. The highest BCUT2D eigenvalue weighted by Crippen LogP contribution is 2.11. The molecule has 0 unspecified atom stereocenters. The molecule has 0 radical (unpaired) electrons. The van der Waals surface area contributed by atoms with E-state index in [2.05, 4.69) is 27.7 Å². The first-order chi connectivity index (χ1) is 7.24. The first-order valence-corrected chi connectivity index (χ1v) is 7.09. The molecule has 0 aliphatic rings. The Morgan fingerprint density at radius 2 is 1.06 bits per heavy atom. The van der Waals surface area contributed by atoms with E-state index in [0.29, 0.717) is 0 Å². The molecule has 16 heavy (non-hydrogen) atoms. The van der Waals surface area contributed by atoms with Gasteiger partial charge in [0.25, 0.3) is 0 Å². The Balaban J connectivity index is 0. The Morgan fingerprint density at radius 1 is 0.625 bits per heavy atom. The second kappa shape index (κ2) is 11.7. The van der Waals surface area contributed by atoms with Crippen LogP contribution in [0.5, 0.6) is 0 Å². The summed E-state index contributed by atoms with van der Waals surface area (Å²) in [7, 11) is 0. The van der Waals surface area contributed by atoms with Gasteiger partial charge in [0, 0.05) is 0 Å². The molecule has 100 valence electrons.